The lowest BCUT2D eigenvalue weighted by atomic mass is 10.1. The number of aliphatic hydroxyl groups excluding tert-OH is 1. The molecule has 1 N–H and O–H groups in total. The number of pyridine rings is 1. The lowest BCUT2D eigenvalue weighted by Crippen LogP contribution is -2.51. The van der Waals surface area contributed by atoms with Crippen LogP contribution in [0.1, 0.15) is 12.5 Å². The van der Waals surface area contributed by atoms with E-state index in [9.17, 15) is 0 Å². The molecule has 13 heavy (non-hydrogen) atoms. The van der Waals surface area contributed by atoms with Crippen LogP contribution in [0.15, 0.2) is 18.3 Å². The Morgan fingerprint density at radius 2 is 2.31 bits per heavy atom. The van der Waals surface area contributed by atoms with Gasteiger partial charge in [-0.3, -0.25) is 0 Å². The molecule has 0 bridgehead atoms. The zero-order valence-corrected chi connectivity index (χ0v) is 7.77. The number of anilines is 1. The van der Waals surface area contributed by atoms with Crippen LogP contribution in [0.25, 0.3) is 0 Å². The highest BCUT2D eigenvalue weighted by Gasteiger charge is 2.24. The molecule has 0 saturated carbocycles. The molecule has 3 nitrogen and oxygen atoms in total. The van der Waals surface area contributed by atoms with E-state index in [0.29, 0.717) is 0 Å². The third kappa shape index (κ3) is 1.65. The number of rotatable bonds is 2. The average molecular weight is 178 g/mol. The Balaban J connectivity index is 2.06. The van der Waals surface area contributed by atoms with Crippen LogP contribution >= 0.6 is 0 Å². The van der Waals surface area contributed by atoms with Crippen molar-refractivity contribution in [3.63, 3.8) is 0 Å². The van der Waals surface area contributed by atoms with Crippen LogP contribution in [0.3, 0.4) is 0 Å². The molecule has 0 spiro atoms. The van der Waals surface area contributed by atoms with Gasteiger partial charge >= 0.3 is 0 Å². The maximum absolute atomic E-state index is 9.11. The van der Waals surface area contributed by atoms with Crippen LogP contribution in [-0.4, -0.2) is 29.3 Å². The van der Waals surface area contributed by atoms with Crippen LogP contribution in [0.5, 0.6) is 0 Å². The van der Waals surface area contributed by atoms with E-state index in [4.69, 9.17) is 5.11 Å². The Morgan fingerprint density at radius 3 is 2.77 bits per heavy atom. The molecular weight excluding hydrogens is 164 g/mol. The molecule has 2 heterocycles. The second-order valence-electron chi connectivity index (χ2n) is 3.44. The lowest BCUT2D eigenvalue weighted by molar-refractivity contribution is 0.141. The predicted molar refractivity (Wildman–Crippen MR) is 51.8 cm³/mol. The predicted octanol–water partition coefficient (Wildman–Crippen LogP) is 0.825. The number of hydrogen-bond donors (Lipinski definition) is 1. The summed E-state index contributed by atoms with van der Waals surface area (Å²) in [5.74, 6) is 0.975. The monoisotopic (exact) mass is 178 g/mol. The number of β-amino-alcohol motifs (C(OH)–C–C–N with tert-alkyl or cyclic N) is 1. The standard InChI is InChI=1S/C10H14N2O/c1-2-8-3-4-10(11-5-8)12-6-9(13)7-12/h3-5,9,13H,2,6-7H2,1H3. The zero-order valence-electron chi connectivity index (χ0n) is 7.77. The van der Waals surface area contributed by atoms with Gasteiger partial charge in [0.15, 0.2) is 0 Å². The summed E-state index contributed by atoms with van der Waals surface area (Å²) < 4.78 is 0. The molecule has 0 aromatic carbocycles. The summed E-state index contributed by atoms with van der Waals surface area (Å²) >= 11 is 0. The summed E-state index contributed by atoms with van der Waals surface area (Å²) in [5.41, 5.74) is 1.25. The average Bonchev–Trinajstić information content (AvgIpc) is 2.13. The molecule has 70 valence electrons. The van der Waals surface area contributed by atoms with Gasteiger partial charge in [0.2, 0.25) is 0 Å². The first kappa shape index (κ1) is 8.51. The molecule has 1 aromatic heterocycles. The number of aryl methyl sites for hydroxylation is 1. The normalized spacial score (nSPS) is 17.2. The third-order valence-corrected chi connectivity index (χ3v) is 2.40. The Hall–Kier alpha value is -1.09. The molecule has 3 heteroatoms. The van der Waals surface area contributed by atoms with E-state index in [1.54, 1.807) is 0 Å². The molecule has 0 atom stereocenters. The fourth-order valence-electron chi connectivity index (χ4n) is 1.46. The Morgan fingerprint density at radius 1 is 1.54 bits per heavy atom. The van der Waals surface area contributed by atoms with Crippen molar-refractivity contribution in [3.05, 3.63) is 23.9 Å². The summed E-state index contributed by atoms with van der Waals surface area (Å²) in [6.07, 6.45) is 2.77. The molecule has 0 radical (unpaired) electrons. The summed E-state index contributed by atoms with van der Waals surface area (Å²) in [6, 6.07) is 4.11. The zero-order chi connectivity index (χ0) is 9.26. The molecule has 2 rings (SSSR count). The number of nitrogens with zero attached hydrogens (tertiary/aromatic N) is 2. The van der Waals surface area contributed by atoms with Crippen molar-refractivity contribution >= 4 is 5.82 Å². The van der Waals surface area contributed by atoms with Crippen LogP contribution < -0.4 is 4.90 Å². The van der Waals surface area contributed by atoms with Gasteiger partial charge in [0, 0.05) is 19.3 Å². The fourth-order valence-corrected chi connectivity index (χ4v) is 1.46. The van der Waals surface area contributed by atoms with Gasteiger partial charge in [0.05, 0.1) is 6.10 Å². The van der Waals surface area contributed by atoms with Crippen molar-refractivity contribution in [2.24, 2.45) is 0 Å². The molecule has 1 saturated heterocycles. The molecule has 0 unspecified atom stereocenters. The van der Waals surface area contributed by atoms with Crippen molar-refractivity contribution < 1.29 is 5.11 Å². The maximum Gasteiger partial charge on any atom is 0.128 e. The summed E-state index contributed by atoms with van der Waals surface area (Å²) in [6.45, 7) is 3.56. The topological polar surface area (TPSA) is 36.4 Å². The summed E-state index contributed by atoms with van der Waals surface area (Å²) in [7, 11) is 0. The smallest absolute Gasteiger partial charge is 0.128 e. The molecule has 1 fully saturated rings. The maximum atomic E-state index is 9.11. The molecular formula is C10H14N2O. The largest absolute Gasteiger partial charge is 0.389 e. The molecule has 1 aromatic rings. The molecule has 1 aliphatic rings. The van der Waals surface area contributed by atoms with Crippen molar-refractivity contribution in [1.29, 1.82) is 0 Å². The fraction of sp³-hybridized carbons (Fsp3) is 0.500. The first-order valence-electron chi connectivity index (χ1n) is 4.67. The van der Waals surface area contributed by atoms with Gasteiger partial charge < -0.3 is 10.0 Å². The minimum Gasteiger partial charge on any atom is -0.389 e. The highest BCUT2D eigenvalue weighted by Crippen LogP contribution is 2.18. The SMILES string of the molecule is CCc1ccc(N2CC(O)C2)nc1. The van der Waals surface area contributed by atoms with E-state index in [2.05, 4.69) is 22.9 Å². The van der Waals surface area contributed by atoms with E-state index in [1.807, 2.05) is 12.3 Å². The van der Waals surface area contributed by atoms with Gasteiger partial charge in [-0.25, -0.2) is 4.98 Å². The highest BCUT2D eigenvalue weighted by atomic mass is 16.3. The number of aliphatic hydroxyl groups is 1. The minimum atomic E-state index is -0.160. The van der Waals surface area contributed by atoms with E-state index in [1.165, 1.54) is 5.56 Å². The van der Waals surface area contributed by atoms with E-state index >= 15 is 0 Å². The van der Waals surface area contributed by atoms with Crippen LogP contribution in [0.4, 0.5) is 5.82 Å². The van der Waals surface area contributed by atoms with Gasteiger partial charge in [-0.1, -0.05) is 13.0 Å². The van der Waals surface area contributed by atoms with Crippen LogP contribution in [0.2, 0.25) is 0 Å². The van der Waals surface area contributed by atoms with Crippen LogP contribution in [0, 0.1) is 0 Å². The van der Waals surface area contributed by atoms with Gasteiger partial charge in [-0.05, 0) is 18.1 Å². The first-order chi connectivity index (χ1) is 6.29. The molecule has 0 aliphatic carbocycles. The van der Waals surface area contributed by atoms with Gasteiger partial charge in [0.25, 0.3) is 0 Å². The van der Waals surface area contributed by atoms with Crippen molar-refractivity contribution in [2.45, 2.75) is 19.4 Å². The van der Waals surface area contributed by atoms with E-state index in [-0.39, 0.29) is 6.10 Å². The Bertz CT molecular complexity index is 277. The summed E-state index contributed by atoms with van der Waals surface area (Å²) in [5, 5.41) is 9.11. The number of aromatic nitrogens is 1. The highest BCUT2D eigenvalue weighted by molar-refractivity contribution is 5.42. The molecule has 0 amide bonds. The lowest BCUT2D eigenvalue weighted by Gasteiger charge is -2.36. The second-order valence-corrected chi connectivity index (χ2v) is 3.44. The summed E-state index contributed by atoms with van der Waals surface area (Å²) in [4.78, 5) is 6.39. The first-order valence-corrected chi connectivity index (χ1v) is 4.67. The minimum absolute atomic E-state index is 0.160. The van der Waals surface area contributed by atoms with Gasteiger partial charge in [-0.2, -0.15) is 0 Å². The Kier molecular flexibility index (Phi) is 2.19. The molecule has 1 aliphatic heterocycles. The van der Waals surface area contributed by atoms with Crippen molar-refractivity contribution in [3.8, 4) is 0 Å². The van der Waals surface area contributed by atoms with E-state index in [0.717, 1.165) is 25.3 Å². The second kappa shape index (κ2) is 3.34. The Labute approximate surface area is 78.0 Å². The van der Waals surface area contributed by atoms with Crippen molar-refractivity contribution in [1.82, 2.24) is 4.98 Å². The van der Waals surface area contributed by atoms with Gasteiger partial charge in [-0.15, -0.1) is 0 Å². The van der Waals surface area contributed by atoms with Crippen LogP contribution in [-0.2, 0) is 6.42 Å². The number of hydrogen-bond acceptors (Lipinski definition) is 3. The quantitative estimate of drug-likeness (QED) is 0.728. The van der Waals surface area contributed by atoms with Crippen molar-refractivity contribution in [2.75, 3.05) is 18.0 Å². The van der Waals surface area contributed by atoms with Gasteiger partial charge in [0.1, 0.15) is 5.82 Å². The van der Waals surface area contributed by atoms with E-state index < -0.39 is 0 Å². The third-order valence-electron chi connectivity index (χ3n) is 2.40.